The topological polar surface area (TPSA) is 29.5 Å². The van der Waals surface area contributed by atoms with Gasteiger partial charge in [-0.2, -0.15) is 0 Å². The van der Waals surface area contributed by atoms with E-state index in [4.69, 9.17) is 4.74 Å². The third-order valence-electron chi connectivity index (χ3n) is 4.15. The van der Waals surface area contributed by atoms with Gasteiger partial charge in [0.15, 0.2) is 0 Å². The second-order valence-electron chi connectivity index (χ2n) is 7.36. The highest BCUT2D eigenvalue weighted by atomic mass is 28.3. The maximum absolute atomic E-state index is 10.4. The molecule has 0 saturated heterocycles. The predicted octanol–water partition coefficient (Wildman–Crippen LogP) is 4.55. The summed E-state index contributed by atoms with van der Waals surface area (Å²) in [4.78, 5) is 0. The van der Waals surface area contributed by atoms with Crippen LogP contribution in [0.1, 0.15) is 32.3 Å². The Labute approximate surface area is 135 Å². The fourth-order valence-electron chi connectivity index (χ4n) is 2.66. The molecule has 0 saturated carbocycles. The molecule has 120 valence electrons. The van der Waals surface area contributed by atoms with E-state index in [2.05, 4.69) is 45.6 Å². The molecule has 1 aromatic carbocycles. The molecule has 3 heteroatoms. The average molecular weight is 317 g/mol. The molecule has 2 nitrogen and oxygen atoms in total. The largest absolute Gasteiger partial charge is 0.508 e. The van der Waals surface area contributed by atoms with Crippen LogP contribution >= 0.6 is 0 Å². The van der Waals surface area contributed by atoms with Crippen LogP contribution in [0, 0.1) is 0 Å². The molecule has 22 heavy (non-hydrogen) atoms. The Morgan fingerprint density at radius 2 is 1.77 bits per heavy atom. The van der Waals surface area contributed by atoms with Gasteiger partial charge in [0.2, 0.25) is 0 Å². The summed E-state index contributed by atoms with van der Waals surface area (Å²) in [6.07, 6.45) is 7.38. The van der Waals surface area contributed by atoms with Crippen LogP contribution in [0.25, 0.3) is 0 Å². The molecule has 0 fully saturated rings. The van der Waals surface area contributed by atoms with Crippen LogP contribution in [-0.4, -0.2) is 19.8 Å². The number of allylic oxidation sites excluding steroid dienone is 3. The van der Waals surface area contributed by atoms with Gasteiger partial charge in [-0.15, -0.1) is 0 Å². The van der Waals surface area contributed by atoms with Crippen molar-refractivity contribution in [1.29, 1.82) is 0 Å². The lowest BCUT2D eigenvalue weighted by atomic mass is 10.0. The summed E-state index contributed by atoms with van der Waals surface area (Å²) in [5.41, 5.74) is 3.60. The molecule has 1 aliphatic rings. The molecule has 1 aliphatic heterocycles. The molecule has 0 spiro atoms. The molecule has 2 bridgehead atoms. The number of benzene rings is 1. The van der Waals surface area contributed by atoms with Crippen molar-refractivity contribution in [2.75, 3.05) is 6.61 Å². The molecule has 1 N–H and O–H groups in total. The van der Waals surface area contributed by atoms with E-state index in [0.29, 0.717) is 12.4 Å². The van der Waals surface area contributed by atoms with Crippen LogP contribution in [-0.2, 0) is 6.42 Å². The Balaban J connectivity index is 2.49. The zero-order valence-electron chi connectivity index (χ0n) is 14.5. The van der Waals surface area contributed by atoms with E-state index in [9.17, 15) is 5.11 Å². The highest BCUT2D eigenvalue weighted by Crippen LogP contribution is 2.26. The molecular formula is C19H28O2Si. The minimum Gasteiger partial charge on any atom is -0.508 e. The van der Waals surface area contributed by atoms with Crippen molar-refractivity contribution in [3.8, 4) is 11.5 Å². The number of phenolic OH excluding ortho intramolecular Hbond substituents is 1. The van der Waals surface area contributed by atoms with Gasteiger partial charge in [-0.05, 0) is 56.0 Å². The first-order valence-corrected chi connectivity index (χ1v) is 11.6. The van der Waals surface area contributed by atoms with Gasteiger partial charge in [-0.1, -0.05) is 37.4 Å². The van der Waals surface area contributed by atoms with Gasteiger partial charge in [0.1, 0.15) is 18.1 Å². The van der Waals surface area contributed by atoms with Crippen LogP contribution in [0.4, 0.5) is 0 Å². The summed E-state index contributed by atoms with van der Waals surface area (Å²) in [6, 6.07) is 3.98. The van der Waals surface area contributed by atoms with E-state index < -0.39 is 8.07 Å². The molecule has 0 radical (unpaired) electrons. The molecule has 0 aliphatic carbocycles. The van der Waals surface area contributed by atoms with Crippen molar-refractivity contribution >= 4 is 13.3 Å². The van der Waals surface area contributed by atoms with Crippen molar-refractivity contribution in [3.63, 3.8) is 0 Å². The summed E-state index contributed by atoms with van der Waals surface area (Å²) >= 11 is 0. The Kier molecular flexibility index (Phi) is 5.17. The molecule has 1 heterocycles. The molecule has 0 amide bonds. The lowest BCUT2D eigenvalue weighted by Gasteiger charge is -2.23. The zero-order chi connectivity index (χ0) is 16.3. The Morgan fingerprint density at radius 1 is 1.05 bits per heavy atom. The van der Waals surface area contributed by atoms with E-state index in [0.717, 1.165) is 30.6 Å². The van der Waals surface area contributed by atoms with E-state index in [1.165, 1.54) is 16.3 Å². The fourth-order valence-corrected chi connectivity index (χ4v) is 4.12. The normalized spacial score (nSPS) is 21.5. The van der Waals surface area contributed by atoms with Gasteiger partial charge in [0.25, 0.3) is 0 Å². The van der Waals surface area contributed by atoms with E-state index in [-0.39, 0.29) is 0 Å². The van der Waals surface area contributed by atoms with Gasteiger partial charge in [0.05, 0.1) is 8.07 Å². The minimum atomic E-state index is -1.57. The summed E-state index contributed by atoms with van der Waals surface area (Å²) in [5.74, 6) is 1.35. The van der Waals surface area contributed by atoms with Crippen molar-refractivity contribution in [1.82, 2.24) is 0 Å². The quantitative estimate of drug-likeness (QED) is 0.608. The van der Waals surface area contributed by atoms with Crippen molar-refractivity contribution in [2.24, 2.45) is 0 Å². The van der Waals surface area contributed by atoms with Crippen LogP contribution in [0.5, 0.6) is 11.5 Å². The third kappa shape index (κ3) is 4.26. The SMILES string of the molecule is C/C1=C\Cc2cc(c([Si](C)(C)C)cc2O)OC/C(C)=C/CC1. The highest BCUT2D eigenvalue weighted by molar-refractivity contribution is 6.89. The minimum absolute atomic E-state index is 0.401. The summed E-state index contributed by atoms with van der Waals surface area (Å²) in [7, 11) is -1.57. The number of ether oxygens (including phenoxy) is 1. The lowest BCUT2D eigenvalue weighted by Crippen LogP contribution is -2.39. The van der Waals surface area contributed by atoms with Gasteiger partial charge in [-0.25, -0.2) is 0 Å². The number of hydrogen-bond donors (Lipinski definition) is 1. The maximum Gasteiger partial charge on any atom is 0.119 e. The summed E-state index contributed by atoms with van der Waals surface area (Å²) in [6.45, 7) is 11.8. The van der Waals surface area contributed by atoms with Crippen molar-refractivity contribution in [3.05, 3.63) is 41.0 Å². The smallest absolute Gasteiger partial charge is 0.119 e. The summed E-state index contributed by atoms with van der Waals surface area (Å²) in [5, 5.41) is 11.6. The number of phenols is 1. The number of aromatic hydroxyl groups is 1. The highest BCUT2D eigenvalue weighted by Gasteiger charge is 2.23. The predicted molar refractivity (Wildman–Crippen MR) is 97.0 cm³/mol. The van der Waals surface area contributed by atoms with Crippen LogP contribution in [0.2, 0.25) is 19.6 Å². The van der Waals surface area contributed by atoms with E-state index in [1.54, 1.807) is 0 Å². The third-order valence-corrected chi connectivity index (χ3v) is 6.15. The van der Waals surface area contributed by atoms with Gasteiger partial charge in [-0.3, -0.25) is 0 Å². The molecular weight excluding hydrogens is 288 g/mol. The molecule has 2 rings (SSSR count). The Hall–Kier alpha value is -1.48. The first-order chi connectivity index (χ1) is 10.3. The average Bonchev–Trinajstić information content (AvgIpc) is 2.42. The van der Waals surface area contributed by atoms with E-state index in [1.807, 2.05) is 12.1 Å². The van der Waals surface area contributed by atoms with Crippen LogP contribution in [0.3, 0.4) is 0 Å². The number of hydrogen-bond acceptors (Lipinski definition) is 2. The summed E-state index contributed by atoms with van der Waals surface area (Å²) < 4.78 is 6.11. The van der Waals surface area contributed by atoms with Crippen LogP contribution < -0.4 is 9.92 Å². The van der Waals surface area contributed by atoms with Gasteiger partial charge >= 0.3 is 0 Å². The zero-order valence-corrected chi connectivity index (χ0v) is 15.5. The standard InChI is InChI=1S/C19H28O2Si/c1-14-7-6-8-15(2)13-21-18-11-16(10-9-14)17(20)12-19(18)22(3,4)5/h8-9,11-12,20H,6-7,10,13H2,1-5H3/b14-9+,15-8+. The monoisotopic (exact) mass is 316 g/mol. The Morgan fingerprint density at radius 3 is 2.45 bits per heavy atom. The molecule has 0 atom stereocenters. The molecule has 1 aromatic rings. The second-order valence-corrected chi connectivity index (χ2v) is 12.4. The Bertz CT molecular complexity index is 607. The van der Waals surface area contributed by atoms with Crippen molar-refractivity contribution in [2.45, 2.75) is 52.8 Å². The first-order valence-electron chi connectivity index (χ1n) is 8.08. The molecule has 0 unspecified atom stereocenters. The number of fused-ring (bicyclic) bond motifs is 2. The number of rotatable bonds is 1. The fraction of sp³-hybridized carbons (Fsp3) is 0.474. The lowest BCUT2D eigenvalue weighted by molar-refractivity contribution is 0.353. The molecule has 0 aromatic heterocycles. The van der Waals surface area contributed by atoms with Crippen molar-refractivity contribution < 1.29 is 9.84 Å². The van der Waals surface area contributed by atoms with E-state index >= 15 is 0 Å². The first kappa shape index (κ1) is 16.9. The maximum atomic E-state index is 10.4. The van der Waals surface area contributed by atoms with Gasteiger partial charge < -0.3 is 9.84 Å². The van der Waals surface area contributed by atoms with Gasteiger partial charge in [0, 0.05) is 5.56 Å². The van der Waals surface area contributed by atoms with Crippen LogP contribution in [0.15, 0.2) is 35.4 Å². The second kappa shape index (κ2) is 6.74.